The van der Waals surface area contributed by atoms with Gasteiger partial charge < -0.3 is 10.6 Å². The van der Waals surface area contributed by atoms with E-state index in [0.29, 0.717) is 0 Å². The van der Waals surface area contributed by atoms with Gasteiger partial charge in [0.15, 0.2) is 0 Å². The van der Waals surface area contributed by atoms with E-state index in [4.69, 9.17) is 0 Å². The second-order valence-electron chi connectivity index (χ2n) is 7.70. The number of carbonyl (C=O) groups is 4. The first kappa shape index (κ1) is 20.9. The van der Waals surface area contributed by atoms with Gasteiger partial charge in [0.05, 0.1) is 11.1 Å². The minimum absolute atomic E-state index is 0.0473. The van der Waals surface area contributed by atoms with Gasteiger partial charge >= 0.3 is 0 Å². The summed E-state index contributed by atoms with van der Waals surface area (Å²) < 4.78 is 0. The zero-order valence-electron chi connectivity index (χ0n) is 16.7. The summed E-state index contributed by atoms with van der Waals surface area (Å²) >= 11 is 0. The van der Waals surface area contributed by atoms with Crippen molar-refractivity contribution in [2.24, 2.45) is 0 Å². The molecule has 2 heterocycles. The van der Waals surface area contributed by atoms with E-state index < -0.39 is 28.8 Å². The molecule has 0 atom stereocenters. The van der Waals surface area contributed by atoms with Gasteiger partial charge in [-0.25, -0.2) is 5.10 Å². The van der Waals surface area contributed by atoms with Gasteiger partial charge in [-0.2, -0.15) is 5.10 Å². The molecule has 30 heavy (non-hydrogen) atoms. The van der Waals surface area contributed by atoms with Crippen LogP contribution in [0, 0.1) is 0 Å². The third kappa shape index (κ3) is 4.12. The lowest BCUT2D eigenvalue weighted by atomic mass is 10.1. The fraction of sp³-hybridized carbons (Fsp3) is 0.300. The number of H-pyrrole nitrogens is 1. The summed E-state index contributed by atoms with van der Waals surface area (Å²) in [4.78, 5) is 61.5. The summed E-state index contributed by atoms with van der Waals surface area (Å²) in [6.45, 7) is 5.55. The Labute approximate surface area is 171 Å². The van der Waals surface area contributed by atoms with Crippen molar-refractivity contribution in [1.29, 1.82) is 0 Å². The van der Waals surface area contributed by atoms with Crippen LogP contribution < -0.4 is 16.2 Å². The molecule has 3 N–H and O–H groups in total. The Morgan fingerprint density at radius 2 is 1.57 bits per heavy atom. The molecule has 0 spiro atoms. The Morgan fingerprint density at radius 1 is 0.933 bits per heavy atom. The van der Waals surface area contributed by atoms with Crippen molar-refractivity contribution >= 4 is 23.6 Å². The van der Waals surface area contributed by atoms with E-state index >= 15 is 0 Å². The number of benzene rings is 1. The van der Waals surface area contributed by atoms with Crippen LogP contribution in [-0.2, 0) is 0 Å². The average Bonchev–Trinajstić information content (AvgIpc) is 2.95. The number of aromatic amines is 1. The highest BCUT2D eigenvalue weighted by Crippen LogP contribution is 2.29. The van der Waals surface area contributed by atoms with Crippen LogP contribution >= 0.6 is 0 Å². The highest BCUT2D eigenvalue weighted by atomic mass is 16.2. The van der Waals surface area contributed by atoms with Crippen LogP contribution in [0.3, 0.4) is 0 Å². The van der Waals surface area contributed by atoms with E-state index in [9.17, 15) is 24.0 Å². The maximum atomic E-state index is 12.6. The smallest absolute Gasteiger partial charge is 0.271 e. The molecule has 3 rings (SSSR count). The second-order valence-corrected chi connectivity index (χ2v) is 7.70. The summed E-state index contributed by atoms with van der Waals surface area (Å²) in [6, 6.07) is 6.83. The van der Waals surface area contributed by atoms with Gasteiger partial charge in [0.2, 0.25) is 0 Å². The van der Waals surface area contributed by atoms with Crippen molar-refractivity contribution in [2.45, 2.75) is 26.3 Å². The van der Waals surface area contributed by atoms with Gasteiger partial charge in [0, 0.05) is 30.3 Å². The molecule has 0 saturated carbocycles. The zero-order valence-corrected chi connectivity index (χ0v) is 16.7. The molecule has 10 nitrogen and oxygen atoms in total. The van der Waals surface area contributed by atoms with Crippen LogP contribution in [0.15, 0.2) is 35.1 Å². The maximum absolute atomic E-state index is 12.6. The Morgan fingerprint density at radius 3 is 2.17 bits per heavy atom. The monoisotopic (exact) mass is 411 g/mol. The number of fused-ring (bicyclic) bond motifs is 1. The van der Waals surface area contributed by atoms with E-state index in [1.165, 1.54) is 35.2 Å². The third-order valence-electron chi connectivity index (χ3n) is 4.43. The number of imide groups is 1. The molecule has 0 fully saturated rings. The van der Waals surface area contributed by atoms with Crippen molar-refractivity contribution in [2.75, 3.05) is 13.1 Å². The molecule has 0 bridgehead atoms. The molecule has 0 radical (unpaired) electrons. The Bertz CT molecular complexity index is 1080. The molecule has 0 unspecified atom stereocenters. The zero-order chi connectivity index (χ0) is 22.1. The SMILES string of the molecule is CC(C)(C)N1C(=O)c2ccc(C(=O)NCCNC(=O)c3ccc(=O)[nH]n3)cc2C1=O. The number of hydrogen-bond acceptors (Lipinski definition) is 6. The Balaban J connectivity index is 1.59. The molecule has 2 aromatic rings. The van der Waals surface area contributed by atoms with Crippen molar-refractivity contribution in [3.63, 3.8) is 0 Å². The molecular formula is C20H21N5O5. The molecule has 1 aromatic heterocycles. The minimum Gasteiger partial charge on any atom is -0.350 e. The fourth-order valence-electron chi connectivity index (χ4n) is 3.01. The number of amides is 4. The molecule has 1 aromatic carbocycles. The summed E-state index contributed by atoms with van der Waals surface area (Å²) in [5, 5.41) is 11.0. The maximum Gasteiger partial charge on any atom is 0.271 e. The summed E-state index contributed by atoms with van der Waals surface area (Å²) in [5.41, 5.74) is -0.342. The number of nitrogens with zero attached hydrogens (tertiary/aromatic N) is 2. The first-order valence-electron chi connectivity index (χ1n) is 9.24. The summed E-state index contributed by atoms with van der Waals surface area (Å²) in [6.07, 6.45) is 0. The van der Waals surface area contributed by atoms with Crippen molar-refractivity contribution < 1.29 is 19.2 Å². The van der Waals surface area contributed by atoms with Crippen LogP contribution in [0.25, 0.3) is 0 Å². The molecule has 0 aliphatic carbocycles. The van der Waals surface area contributed by atoms with Crippen molar-refractivity contribution in [1.82, 2.24) is 25.7 Å². The lowest BCUT2D eigenvalue weighted by Crippen LogP contribution is -2.45. The van der Waals surface area contributed by atoms with Crippen LogP contribution in [0.1, 0.15) is 62.3 Å². The number of carbonyl (C=O) groups excluding carboxylic acids is 4. The van der Waals surface area contributed by atoms with Crippen LogP contribution in [0.5, 0.6) is 0 Å². The van der Waals surface area contributed by atoms with Crippen molar-refractivity contribution in [3.05, 3.63) is 63.1 Å². The first-order valence-corrected chi connectivity index (χ1v) is 9.24. The van der Waals surface area contributed by atoms with Gasteiger partial charge in [0.25, 0.3) is 29.2 Å². The third-order valence-corrected chi connectivity index (χ3v) is 4.43. The van der Waals surface area contributed by atoms with Gasteiger partial charge in [-0.05, 0) is 45.0 Å². The number of nitrogens with one attached hydrogen (secondary N) is 3. The quantitative estimate of drug-likeness (QED) is 0.478. The largest absolute Gasteiger partial charge is 0.350 e. The van der Waals surface area contributed by atoms with E-state index in [2.05, 4.69) is 20.8 Å². The molecular weight excluding hydrogens is 390 g/mol. The molecule has 0 saturated heterocycles. The standard InChI is InChI=1S/C20H21N5O5/c1-20(2,3)25-18(29)12-5-4-11(10-13(12)19(25)30)16(27)21-8-9-22-17(28)14-6-7-15(26)24-23-14/h4-7,10H,8-9H2,1-3H3,(H,21,27)(H,22,28)(H,24,26). The van der Waals surface area contributed by atoms with Gasteiger partial charge in [-0.1, -0.05) is 0 Å². The van der Waals surface area contributed by atoms with Crippen LogP contribution in [-0.4, -0.2) is 57.4 Å². The summed E-state index contributed by atoms with van der Waals surface area (Å²) in [7, 11) is 0. The second kappa shape index (κ2) is 7.90. The fourth-order valence-corrected chi connectivity index (χ4v) is 3.01. The molecule has 10 heteroatoms. The topological polar surface area (TPSA) is 141 Å². The van der Waals surface area contributed by atoms with Gasteiger partial charge in [0.1, 0.15) is 5.69 Å². The lowest BCUT2D eigenvalue weighted by molar-refractivity contribution is 0.0507. The first-order chi connectivity index (χ1) is 14.1. The van der Waals surface area contributed by atoms with Crippen LogP contribution in [0.2, 0.25) is 0 Å². The lowest BCUT2D eigenvalue weighted by Gasteiger charge is -2.29. The molecule has 156 valence electrons. The van der Waals surface area contributed by atoms with E-state index in [1.807, 2.05) is 0 Å². The van der Waals surface area contributed by atoms with Crippen LogP contribution in [0.4, 0.5) is 0 Å². The normalized spacial score (nSPS) is 13.2. The highest BCUT2D eigenvalue weighted by Gasteiger charge is 2.42. The number of rotatable bonds is 5. The van der Waals surface area contributed by atoms with E-state index in [1.54, 1.807) is 20.8 Å². The highest BCUT2D eigenvalue weighted by molar-refractivity contribution is 6.22. The van der Waals surface area contributed by atoms with Crippen molar-refractivity contribution in [3.8, 4) is 0 Å². The Kier molecular flexibility index (Phi) is 5.50. The summed E-state index contributed by atoms with van der Waals surface area (Å²) in [5.74, 6) is -1.75. The predicted molar refractivity (Wildman–Crippen MR) is 106 cm³/mol. The predicted octanol–water partition coefficient (Wildman–Crippen LogP) is 0.324. The Hall–Kier alpha value is -3.82. The van der Waals surface area contributed by atoms with Gasteiger partial charge in [-0.3, -0.25) is 28.9 Å². The number of hydrogen-bond donors (Lipinski definition) is 3. The average molecular weight is 411 g/mol. The number of aromatic nitrogens is 2. The minimum atomic E-state index is -0.672. The molecule has 4 amide bonds. The van der Waals surface area contributed by atoms with E-state index in [-0.39, 0.29) is 41.4 Å². The van der Waals surface area contributed by atoms with E-state index in [0.717, 1.165) is 0 Å². The molecule has 1 aliphatic rings. The molecule has 1 aliphatic heterocycles. The van der Waals surface area contributed by atoms with Gasteiger partial charge in [-0.15, -0.1) is 0 Å².